The van der Waals surface area contributed by atoms with Crippen LogP contribution >= 0.6 is 0 Å². The molecule has 2 nitrogen and oxygen atoms in total. The maximum atomic E-state index is 11.1. The van der Waals surface area contributed by atoms with Gasteiger partial charge in [-0.2, -0.15) is 0 Å². The van der Waals surface area contributed by atoms with Gasteiger partial charge in [0, 0.05) is 11.5 Å². The molecule has 2 heteroatoms. The van der Waals surface area contributed by atoms with Gasteiger partial charge < -0.3 is 4.79 Å². The van der Waals surface area contributed by atoms with Crippen molar-refractivity contribution in [2.75, 3.05) is 0 Å². The van der Waals surface area contributed by atoms with Crippen LogP contribution in [0.25, 0.3) is 0 Å². The van der Waals surface area contributed by atoms with Gasteiger partial charge in [-0.15, -0.1) is 0 Å². The van der Waals surface area contributed by atoms with E-state index in [4.69, 9.17) is 0 Å². The minimum Gasteiger partial charge on any atom is -0.303 e. The second kappa shape index (κ2) is 4.56. The van der Waals surface area contributed by atoms with Crippen LogP contribution in [0.5, 0.6) is 0 Å². The molecule has 0 aromatic rings. The summed E-state index contributed by atoms with van der Waals surface area (Å²) in [7, 11) is 0. The van der Waals surface area contributed by atoms with Gasteiger partial charge in [-0.25, -0.2) is 4.79 Å². The van der Waals surface area contributed by atoms with Crippen molar-refractivity contribution in [2.45, 2.75) is 41.0 Å². The zero-order valence-corrected chi connectivity index (χ0v) is 9.76. The molecule has 0 aliphatic heterocycles. The zero-order chi connectivity index (χ0) is 11.4. The van der Waals surface area contributed by atoms with Crippen molar-refractivity contribution in [1.29, 1.82) is 0 Å². The Morgan fingerprint density at radius 2 is 1.79 bits per heavy atom. The average Bonchev–Trinajstić information content (AvgIpc) is 2.01. The second-order valence-electron chi connectivity index (χ2n) is 5.43. The third kappa shape index (κ3) is 3.89. The molecule has 0 aromatic carbocycles. The van der Waals surface area contributed by atoms with Gasteiger partial charge in [-0.05, 0) is 17.8 Å². The van der Waals surface area contributed by atoms with Gasteiger partial charge in [-0.3, -0.25) is 0 Å². The normalized spacial score (nSPS) is 17.8. The Hall–Kier alpha value is -0.880. The lowest BCUT2D eigenvalue weighted by Crippen LogP contribution is -2.31. The van der Waals surface area contributed by atoms with E-state index in [-0.39, 0.29) is 11.3 Å². The van der Waals surface area contributed by atoms with Crippen molar-refractivity contribution in [3.63, 3.8) is 0 Å². The van der Waals surface area contributed by atoms with Gasteiger partial charge >= 0.3 is 0 Å². The highest BCUT2D eigenvalue weighted by molar-refractivity contribution is 5.61. The summed E-state index contributed by atoms with van der Waals surface area (Å²) in [5.41, 5.74) is -0.379. The van der Waals surface area contributed by atoms with E-state index in [9.17, 15) is 9.59 Å². The van der Waals surface area contributed by atoms with E-state index in [1.165, 1.54) is 6.08 Å². The van der Waals surface area contributed by atoms with Gasteiger partial charge in [0.15, 0.2) is 0 Å². The summed E-state index contributed by atoms with van der Waals surface area (Å²) in [6, 6.07) is 0. The first-order valence-corrected chi connectivity index (χ1v) is 4.92. The smallest absolute Gasteiger partial charge is 0.126 e. The Morgan fingerprint density at radius 3 is 2.07 bits per heavy atom. The fourth-order valence-corrected chi connectivity index (χ4v) is 1.75. The van der Waals surface area contributed by atoms with Crippen LogP contribution in [0, 0.1) is 16.7 Å². The van der Waals surface area contributed by atoms with E-state index in [0.29, 0.717) is 0 Å². The molecule has 0 bridgehead atoms. The number of carbonyl (C=O) groups excluding carboxylic acids is 2. The summed E-state index contributed by atoms with van der Waals surface area (Å²) in [5, 5.41) is 0. The van der Waals surface area contributed by atoms with Gasteiger partial charge in [-0.1, -0.05) is 34.6 Å². The Labute approximate surface area is 86.4 Å². The van der Waals surface area contributed by atoms with Crippen LogP contribution in [-0.2, 0) is 9.59 Å². The lowest BCUT2D eigenvalue weighted by molar-refractivity contribution is -0.118. The Bertz CT molecular complexity index is 244. The first kappa shape index (κ1) is 13.1. The summed E-state index contributed by atoms with van der Waals surface area (Å²) < 4.78 is 0. The molecule has 0 amide bonds. The lowest BCUT2D eigenvalue weighted by atomic mass is 9.69. The van der Waals surface area contributed by atoms with Crippen LogP contribution in [0.2, 0.25) is 0 Å². The Morgan fingerprint density at radius 1 is 1.29 bits per heavy atom. The first-order chi connectivity index (χ1) is 6.25. The van der Waals surface area contributed by atoms with Crippen LogP contribution in [0.3, 0.4) is 0 Å². The number of aldehydes is 1. The number of hydrogen-bond acceptors (Lipinski definition) is 2. The molecular weight excluding hydrogens is 176 g/mol. The van der Waals surface area contributed by atoms with E-state index in [1.54, 1.807) is 5.94 Å². The molecule has 0 aromatic heterocycles. The Kier molecular flexibility index (Phi) is 4.28. The Balaban J connectivity index is 4.79. The summed E-state index contributed by atoms with van der Waals surface area (Å²) in [6.45, 7) is 10.0. The van der Waals surface area contributed by atoms with E-state index in [0.717, 1.165) is 12.7 Å². The number of carbonyl (C=O) groups is 1. The predicted molar refractivity (Wildman–Crippen MR) is 57.7 cm³/mol. The lowest BCUT2D eigenvalue weighted by Gasteiger charge is -2.34. The molecule has 2 unspecified atom stereocenters. The quantitative estimate of drug-likeness (QED) is 0.511. The first-order valence-electron chi connectivity index (χ1n) is 4.92. The summed E-state index contributed by atoms with van der Waals surface area (Å²) in [4.78, 5) is 21.3. The van der Waals surface area contributed by atoms with Crippen LogP contribution in [0.1, 0.15) is 41.0 Å². The molecule has 0 aliphatic carbocycles. The maximum Gasteiger partial charge on any atom is 0.126 e. The molecule has 0 rings (SSSR count). The van der Waals surface area contributed by atoms with Crippen LogP contribution in [0.4, 0.5) is 0 Å². The molecule has 0 radical (unpaired) electrons. The summed E-state index contributed by atoms with van der Waals surface area (Å²) >= 11 is 0. The maximum absolute atomic E-state index is 11.1. The molecule has 0 saturated carbocycles. The van der Waals surface area contributed by atoms with Crippen molar-refractivity contribution in [2.24, 2.45) is 16.7 Å². The van der Waals surface area contributed by atoms with Crippen LogP contribution < -0.4 is 0 Å². The van der Waals surface area contributed by atoms with E-state index in [2.05, 4.69) is 20.8 Å². The SMILES string of the molecule is CC(C=C=O)C(C)(C=O)CC(C)(C)C. The minimum atomic E-state index is -0.463. The average molecular weight is 196 g/mol. The standard InChI is InChI=1S/C12H20O2/c1-10(6-7-13)12(5,9-14)8-11(2,3)4/h6,9-10H,8H2,1-5H3. The van der Waals surface area contributed by atoms with Crippen LogP contribution in [-0.4, -0.2) is 12.2 Å². The topological polar surface area (TPSA) is 34.1 Å². The van der Waals surface area contributed by atoms with Gasteiger partial charge in [0.2, 0.25) is 0 Å². The number of rotatable bonds is 4. The molecule has 80 valence electrons. The van der Waals surface area contributed by atoms with Crippen molar-refractivity contribution in [1.82, 2.24) is 0 Å². The van der Waals surface area contributed by atoms with Gasteiger partial charge in [0.05, 0.1) is 0 Å². The molecular formula is C12H20O2. The monoisotopic (exact) mass is 196 g/mol. The summed E-state index contributed by atoms with van der Waals surface area (Å²) in [5.74, 6) is 1.70. The highest BCUT2D eigenvalue weighted by atomic mass is 16.1. The summed E-state index contributed by atoms with van der Waals surface area (Å²) in [6.07, 6.45) is 3.15. The largest absolute Gasteiger partial charge is 0.303 e. The zero-order valence-electron chi connectivity index (χ0n) is 9.76. The molecule has 0 N–H and O–H groups in total. The highest BCUT2D eigenvalue weighted by Crippen LogP contribution is 2.37. The number of allylic oxidation sites excluding steroid dienone is 1. The molecule has 0 heterocycles. The third-order valence-corrected chi connectivity index (χ3v) is 2.54. The van der Waals surface area contributed by atoms with Gasteiger partial charge in [0.1, 0.15) is 12.2 Å². The molecule has 2 atom stereocenters. The fraction of sp³-hybridized carbons (Fsp3) is 0.750. The van der Waals surface area contributed by atoms with Crippen LogP contribution in [0.15, 0.2) is 6.08 Å². The molecule has 0 fully saturated rings. The molecule has 0 spiro atoms. The van der Waals surface area contributed by atoms with Crippen molar-refractivity contribution in [3.05, 3.63) is 6.08 Å². The van der Waals surface area contributed by atoms with E-state index < -0.39 is 5.41 Å². The van der Waals surface area contributed by atoms with Gasteiger partial charge in [0.25, 0.3) is 0 Å². The van der Waals surface area contributed by atoms with Crippen molar-refractivity contribution < 1.29 is 9.59 Å². The molecule has 0 aliphatic rings. The van der Waals surface area contributed by atoms with E-state index >= 15 is 0 Å². The predicted octanol–water partition coefficient (Wildman–Crippen LogP) is 2.65. The fourth-order valence-electron chi connectivity index (χ4n) is 1.75. The molecule has 0 saturated heterocycles. The van der Waals surface area contributed by atoms with Crippen molar-refractivity contribution >= 4 is 12.2 Å². The highest BCUT2D eigenvalue weighted by Gasteiger charge is 2.34. The molecule has 14 heavy (non-hydrogen) atoms. The number of hydrogen-bond donors (Lipinski definition) is 0. The third-order valence-electron chi connectivity index (χ3n) is 2.54. The minimum absolute atomic E-state index is 0.0586. The van der Waals surface area contributed by atoms with E-state index in [1.807, 2.05) is 13.8 Å². The second-order valence-corrected chi connectivity index (χ2v) is 5.43. The van der Waals surface area contributed by atoms with Crippen molar-refractivity contribution in [3.8, 4) is 0 Å².